The molecular formula is C25H24N4O2. The van der Waals surface area contributed by atoms with Gasteiger partial charge in [0.05, 0.1) is 12.6 Å². The molecule has 4 aromatic rings. The van der Waals surface area contributed by atoms with Crippen LogP contribution in [-0.4, -0.2) is 30.0 Å². The van der Waals surface area contributed by atoms with E-state index >= 15 is 0 Å². The highest BCUT2D eigenvalue weighted by Crippen LogP contribution is 2.28. The van der Waals surface area contributed by atoms with E-state index in [4.69, 9.17) is 10.5 Å². The number of nitrogens with two attached hydrogens (primary N) is 1. The van der Waals surface area contributed by atoms with Gasteiger partial charge in [0.25, 0.3) is 0 Å². The number of methoxy groups -OCH3 is 1. The number of nitrogens with zero attached hydrogens (tertiary/aromatic N) is 3. The third-order valence-corrected chi connectivity index (χ3v) is 5.35. The summed E-state index contributed by atoms with van der Waals surface area (Å²) < 4.78 is 5.22. The minimum Gasteiger partial charge on any atom is -0.497 e. The predicted molar refractivity (Wildman–Crippen MR) is 123 cm³/mol. The van der Waals surface area contributed by atoms with E-state index in [0.717, 1.165) is 45.7 Å². The van der Waals surface area contributed by atoms with Gasteiger partial charge in [-0.3, -0.25) is 9.78 Å². The Morgan fingerprint density at radius 1 is 1.03 bits per heavy atom. The molecule has 6 nitrogen and oxygen atoms in total. The Balaban J connectivity index is 1.61. The highest BCUT2D eigenvalue weighted by Gasteiger charge is 2.10. The number of carbonyl (C=O) groups excluding carboxylic acids is 1. The molecule has 0 saturated carbocycles. The molecule has 1 amide bonds. The predicted octanol–water partition coefficient (Wildman–Crippen LogP) is 4.35. The van der Waals surface area contributed by atoms with E-state index in [1.165, 1.54) is 5.56 Å². The molecule has 0 aliphatic rings. The van der Waals surface area contributed by atoms with Crippen molar-refractivity contribution in [2.75, 3.05) is 19.1 Å². The Morgan fingerprint density at radius 2 is 1.81 bits per heavy atom. The standard InChI is InChI=1S/C25H24N4O2/c1-16-4-7-18(25(26)30)11-22(16)19-10-20-14-28-24(12-23(20)27-13-19)29(2)15-17-5-8-21(31-3)9-6-17/h4-14H,15H2,1-3H3,(H2,26,30). The number of rotatable bonds is 6. The van der Waals surface area contributed by atoms with Crippen LogP contribution < -0.4 is 15.4 Å². The minimum absolute atomic E-state index is 0.443. The second-order valence-corrected chi connectivity index (χ2v) is 7.56. The molecule has 0 fully saturated rings. The van der Waals surface area contributed by atoms with E-state index < -0.39 is 5.91 Å². The number of hydrogen-bond donors (Lipinski definition) is 1. The third-order valence-electron chi connectivity index (χ3n) is 5.35. The number of aromatic nitrogens is 2. The van der Waals surface area contributed by atoms with Crippen LogP contribution in [0.3, 0.4) is 0 Å². The van der Waals surface area contributed by atoms with Crippen molar-refractivity contribution in [1.29, 1.82) is 0 Å². The van der Waals surface area contributed by atoms with Crippen LogP contribution in [0.5, 0.6) is 5.75 Å². The van der Waals surface area contributed by atoms with Crippen LogP contribution in [0, 0.1) is 6.92 Å². The van der Waals surface area contributed by atoms with Gasteiger partial charge in [-0.15, -0.1) is 0 Å². The molecule has 0 bridgehead atoms. The van der Waals surface area contributed by atoms with Crippen LogP contribution in [0.15, 0.2) is 67.0 Å². The van der Waals surface area contributed by atoms with Crippen molar-refractivity contribution in [2.24, 2.45) is 5.73 Å². The molecule has 2 heterocycles. The topological polar surface area (TPSA) is 81.3 Å². The number of hydrogen-bond acceptors (Lipinski definition) is 5. The van der Waals surface area contributed by atoms with Gasteiger partial charge in [-0.1, -0.05) is 18.2 Å². The van der Waals surface area contributed by atoms with Crippen LogP contribution in [0.4, 0.5) is 5.82 Å². The number of benzene rings is 2. The van der Waals surface area contributed by atoms with Crippen LogP contribution in [-0.2, 0) is 6.54 Å². The number of ether oxygens (including phenoxy) is 1. The van der Waals surface area contributed by atoms with Gasteiger partial charge in [0.1, 0.15) is 11.6 Å². The van der Waals surface area contributed by atoms with Crippen molar-refractivity contribution >= 4 is 22.6 Å². The highest BCUT2D eigenvalue weighted by molar-refractivity contribution is 5.95. The van der Waals surface area contributed by atoms with E-state index in [1.54, 1.807) is 13.2 Å². The quantitative estimate of drug-likeness (QED) is 0.509. The molecule has 156 valence electrons. The van der Waals surface area contributed by atoms with E-state index in [-0.39, 0.29) is 0 Å². The van der Waals surface area contributed by atoms with Gasteiger partial charge in [0.2, 0.25) is 5.91 Å². The van der Waals surface area contributed by atoms with Crippen LogP contribution in [0.1, 0.15) is 21.5 Å². The minimum atomic E-state index is -0.443. The molecule has 2 aromatic carbocycles. The first-order valence-corrected chi connectivity index (χ1v) is 9.95. The van der Waals surface area contributed by atoms with E-state index in [9.17, 15) is 4.79 Å². The van der Waals surface area contributed by atoms with Gasteiger partial charge in [0, 0.05) is 48.6 Å². The molecule has 0 spiro atoms. The molecule has 2 aromatic heterocycles. The fourth-order valence-electron chi connectivity index (χ4n) is 3.54. The Kier molecular flexibility index (Phi) is 5.54. The summed E-state index contributed by atoms with van der Waals surface area (Å²) >= 11 is 0. The van der Waals surface area contributed by atoms with E-state index in [2.05, 4.69) is 14.9 Å². The molecule has 4 rings (SSSR count). The Bertz CT molecular complexity index is 1250. The van der Waals surface area contributed by atoms with Crippen molar-refractivity contribution in [3.63, 3.8) is 0 Å². The number of pyridine rings is 2. The molecule has 2 N–H and O–H groups in total. The lowest BCUT2D eigenvalue weighted by Crippen LogP contribution is -2.17. The number of primary amides is 1. The van der Waals surface area contributed by atoms with Crippen molar-refractivity contribution < 1.29 is 9.53 Å². The van der Waals surface area contributed by atoms with Gasteiger partial charge < -0.3 is 15.4 Å². The Labute approximate surface area is 181 Å². The summed E-state index contributed by atoms with van der Waals surface area (Å²) in [4.78, 5) is 22.9. The second-order valence-electron chi connectivity index (χ2n) is 7.56. The Morgan fingerprint density at radius 3 is 2.52 bits per heavy atom. The summed E-state index contributed by atoms with van der Waals surface area (Å²) in [7, 11) is 3.67. The van der Waals surface area contributed by atoms with Gasteiger partial charge >= 0.3 is 0 Å². The summed E-state index contributed by atoms with van der Waals surface area (Å²) in [6, 6.07) is 17.5. The first-order valence-electron chi connectivity index (χ1n) is 9.95. The average molecular weight is 412 g/mol. The molecule has 0 unspecified atom stereocenters. The monoisotopic (exact) mass is 412 g/mol. The fourth-order valence-corrected chi connectivity index (χ4v) is 3.54. The first-order chi connectivity index (χ1) is 14.9. The van der Waals surface area contributed by atoms with Crippen molar-refractivity contribution in [2.45, 2.75) is 13.5 Å². The SMILES string of the molecule is COc1ccc(CN(C)c2cc3ncc(-c4cc(C(N)=O)ccc4C)cc3cn2)cc1. The molecular weight excluding hydrogens is 388 g/mol. The van der Waals surface area contributed by atoms with Crippen molar-refractivity contribution in [1.82, 2.24) is 9.97 Å². The normalized spacial score (nSPS) is 10.8. The summed E-state index contributed by atoms with van der Waals surface area (Å²) in [5.41, 5.74) is 10.9. The number of fused-ring (bicyclic) bond motifs is 1. The van der Waals surface area contributed by atoms with E-state index in [0.29, 0.717) is 5.56 Å². The first kappa shape index (κ1) is 20.3. The number of anilines is 1. The zero-order chi connectivity index (χ0) is 22.0. The van der Waals surface area contributed by atoms with E-state index in [1.807, 2.05) is 74.9 Å². The lowest BCUT2D eigenvalue weighted by molar-refractivity contribution is 0.100. The summed E-state index contributed by atoms with van der Waals surface area (Å²) in [5, 5.41) is 0.933. The maximum atomic E-state index is 11.6. The summed E-state index contributed by atoms with van der Waals surface area (Å²) in [5.74, 6) is 1.24. The van der Waals surface area contributed by atoms with Crippen molar-refractivity contribution in [3.8, 4) is 16.9 Å². The van der Waals surface area contributed by atoms with Gasteiger partial charge in [-0.05, 0) is 53.9 Å². The van der Waals surface area contributed by atoms with Crippen LogP contribution >= 0.6 is 0 Å². The second kappa shape index (κ2) is 8.44. The van der Waals surface area contributed by atoms with Gasteiger partial charge in [-0.2, -0.15) is 0 Å². The molecule has 6 heteroatoms. The van der Waals surface area contributed by atoms with Crippen LogP contribution in [0.2, 0.25) is 0 Å². The molecule has 0 aliphatic heterocycles. The van der Waals surface area contributed by atoms with Gasteiger partial charge in [0.15, 0.2) is 0 Å². The maximum absolute atomic E-state index is 11.6. The third kappa shape index (κ3) is 4.33. The number of amides is 1. The smallest absolute Gasteiger partial charge is 0.248 e. The lowest BCUT2D eigenvalue weighted by Gasteiger charge is -2.19. The molecule has 0 radical (unpaired) electrons. The van der Waals surface area contributed by atoms with Gasteiger partial charge in [-0.25, -0.2) is 4.98 Å². The summed E-state index contributed by atoms with van der Waals surface area (Å²) in [6.07, 6.45) is 3.65. The number of carbonyl (C=O) groups is 1. The highest BCUT2D eigenvalue weighted by atomic mass is 16.5. The average Bonchev–Trinajstić information content (AvgIpc) is 2.79. The maximum Gasteiger partial charge on any atom is 0.248 e. The fraction of sp³-hybridized carbons (Fsp3) is 0.160. The number of aryl methyl sites for hydroxylation is 1. The largest absolute Gasteiger partial charge is 0.497 e. The molecule has 0 aliphatic carbocycles. The zero-order valence-corrected chi connectivity index (χ0v) is 17.8. The summed E-state index contributed by atoms with van der Waals surface area (Å²) in [6.45, 7) is 2.72. The molecule has 31 heavy (non-hydrogen) atoms. The lowest BCUT2D eigenvalue weighted by atomic mass is 9.98. The molecule has 0 atom stereocenters. The Hall–Kier alpha value is -3.93. The molecule has 0 saturated heterocycles. The van der Waals surface area contributed by atoms with Crippen molar-refractivity contribution in [3.05, 3.63) is 83.7 Å². The van der Waals surface area contributed by atoms with Crippen LogP contribution in [0.25, 0.3) is 22.0 Å². The zero-order valence-electron chi connectivity index (χ0n) is 17.8.